The summed E-state index contributed by atoms with van der Waals surface area (Å²) < 4.78 is 0. The van der Waals surface area contributed by atoms with Crippen LogP contribution in [0.2, 0.25) is 0 Å². The molecular formula is C63H118N24O13S2. The number of nitrogens with two attached hydrogens (primary N) is 9. The topological polar surface area (TPSA) is 641 Å². The lowest BCUT2D eigenvalue weighted by molar-refractivity contribution is -0.142. The van der Waals surface area contributed by atoms with Gasteiger partial charge in [0.25, 0.3) is 0 Å². The average molecular weight is 1480 g/mol. The van der Waals surface area contributed by atoms with Gasteiger partial charge in [-0.15, -0.1) is 0 Å². The van der Waals surface area contributed by atoms with Crippen LogP contribution in [0.1, 0.15) is 154 Å². The summed E-state index contributed by atoms with van der Waals surface area (Å²) in [6.07, 6.45) is 0.828. The Kier molecular flexibility index (Phi) is 42.6. The zero-order valence-electron chi connectivity index (χ0n) is 61.1. The second-order valence-electron chi connectivity index (χ2n) is 26.7. The van der Waals surface area contributed by atoms with Gasteiger partial charge in [-0.25, -0.2) is 4.79 Å². The van der Waals surface area contributed by atoms with Crippen LogP contribution in [0.4, 0.5) is 0 Å². The van der Waals surface area contributed by atoms with E-state index in [1.54, 1.807) is 83.1 Å². The molecule has 0 spiro atoms. The van der Waals surface area contributed by atoms with Gasteiger partial charge in [-0.05, 0) is 93.3 Å². The molecule has 1 rings (SSSR count). The third-order valence-electron chi connectivity index (χ3n) is 16.5. The van der Waals surface area contributed by atoms with Gasteiger partial charge in [0.1, 0.15) is 66.5 Å². The Balaban J connectivity index is 4.50. The van der Waals surface area contributed by atoms with Crippen LogP contribution in [0.5, 0.6) is 0 Å². The van der Waals surface area contributed by atoms with Gasteiger partial charge in [-0.2, -0.15) is 0 Å². The summed E-state index contributed by atoms with van der Waals surface area (Å²) in [6, 6.07) is -17.0. The number of hydrogen-bond donors (Lipinski definition) is 21. The number of carboxylic acid groups (broad SMARTS) is 1. The van der Waals surface area contributed by atoms with Crippen molar-refractivity contribution in [1.82, 2.24) is 58.5 Å². The summed E-state index contributed by atoms with van der Waals surface area (Å²) in [6.45, 7) is 20.3. The van der Waals surface area contributed by atoms with Crippen LogP contribution in [0.3, 0.4) is 0 Å². The maximum atomic E-state index is 15.1. The fourth-order valence-electron chi connectivity index (χ4n) is 10.1. The van der Waals surface area contributed by atoms with Crippen molar-refractivity contribution in [2.24, 2.45) is 107 Å². The normalized spacial score (nSPS) is 22.8. The molecule has 30 N–H and O–H groups in total. The Morgan fingerprint density at radius 1 is 0.461 bits per heavy atom. The van der Waals surface area contributed by atoms with Crippen LogP contribution in [0.25, 0.3) is 0 Å². The molecule has 1 saturated heterocycles. The molecule has 0 radical (unpaired) electrons. The Morgan fingerprint density at radius 2 is 0.824 bits per heavy atom. The maximum Gasteiger partial charge on any atom is 0.326 e. The van der Waals surface area contributed by atoms with Crippen LogP contribution in [0, 0.1) is 35.5 Å². The Bertz CT molecular complexity index is 2890. The number of amides is 11. The number of carboxylic acids is 1. The van der Waals surface area contributed by atoms with Crippen molar-refractivity contribution in [2.75, 3.05) is 37.7 Å². The quantitative estimate of drug-likeness (QED) is 0.0131. The zero-order valence-corrected chi connectivity index (χ0v) is 62.7. The highest BCUT2D eigenvalue weighted by Crippen LogP contribution is 2.25. The summed E-state index contributed by atoms with van der Waals surface area (Å²) >= 11 is 0. The number of nitrogens with zero attached hydrogens (tertiary/aromatic N) is 4. The first-order valence-electron chi connectivity index (χ1n) is 34.5. The van der Waals surface area contributed by atoms with Gasteiger partial charge in [-0.1, -0.05) is 118 Å². The van der Waals surface area contributed by atoms with Crippen LogP contribution < -0.4 is 110 Å². The molecule has 1 aliphatic heterocycles. The molecule has 0 bridgehead atoms. The first-order valence-corrected chi connectivity index (χ1v) is 37.0. The van der Waals surface area contributed by atoms with E-state index in [9.17, 15) is 57.8 Å². The van der Waals surface area contributed by atoms with Crippen molar-refractivity contribution in [2.45, 2.75) is 226 Å². The highest BCUT2D eigenvalue weighted by atomic mass is 33.1. The number of carbonyl (C=O) groups is 12. The van der Waals surface area contributed by atoms with E-state index in [1.807, 2.05) is 0 Å². The molecule has 1 fully saturated rings. The minimum atomic E-state index is -1.63. The summed E-state index contributed by atoms with van der Waals surface area (Å²) in [4.78, 5) is 189. The third-order valence-corrected chi connectivity index (χ3v) is 18.9. The van der Waals surface area contributed by atoms with Gasteiger partial charge in [0.2, 0.25) is 65.0 Å². The SMILES string of the molecule is CC[C@H](C)C1NC(=O)[C@H](CCCN=C(N)N)NC(=O)[C@@H](NC(=O)[C@H](CC(C)C)NC(=O)[C@@H](N)CCCN=C(N)N)CSSCC(C(=O)N[C@@H](CCCN=C(N)N)C(=O)O)NC(=O)[C@H](C(C)C)NC(=O)C(CCCN=C(N)N)NC(=O)[C@H]([C@@H](C)CC)NC(=O)C(C(C)C)NC(=O)[C@H](C(C)C)NC1=O. The Labute approximate surface area is 605 Å². The van der Waals surface area contributed by atoms with Gasteiger partial charge < -0.3 is 115 Å². The van der Waals surface area contributed by atoms with Crippen molar-refractivity contribution in [3.05, 3.63) is 0 Å². The van der Waals surface area contributed by atoms with Crippen LogP contribution in [-0.2, 0) is 57.5 Å². The second kappa shape index (κ2) is 47.5. The van der Waals surface area contributed by atoms with Crippen LogP contribution >= 0.6 is 21.6 Å². The standard InChI is InChI=1S/C63H118N24O13S2/c1-13-34(11)46-57(97)78-38(21-17-25-75-62(69)70)49(89)83-43(31(5)6)54(94)82-42(53(93)79-39(59(99)100)22-18-26-76-63(71)72)29-102-101-28-41(81-51(91)40(27-30(3)4)80-48(88)36(64)19-15-23-73-60(65)66)52(92)77-37(20-16-24-74-61(67)68)50(90)86-47(35(12)14-2)58(98)85-44(32(7)8)55(95)84-45(33(9)10)56(96)87-46/h30-47H,13-29,64H2,1-12H3,(H,77,92)(H,78,97)(H,79,93)(H,80,88)(H,81,91)(H,82,94)(H,83,89)(H,84,95)(H,85,98)(H,86,90)(H,87,96)(H,99,100)(H4,65,66,73)(H4,67,68,74)(H4,69,70,75)(H4,71,72,76)/t34-,35-,36-,37-,38?,39-,40-,41-,42?,43-,44-,45?,46-,47?/m0/s1. The molecule has 14 atom stereocenters. The number of aliphatic imine (C=N–C) groups is 4. The summed E-state index contributed by atoms with van der Waals surface area (Å²) in [5.41, 5.74) is 50.6. The molecule has 580 valence electrons. The predicted octanol–water partition coefficient (Wildman–Crippen LogP) is -4.55. The van der Waals surface area contributed by atoms with E-state index in [2.05, 4.69) is 78.5 Å². The number of carbonyl (C=O) groups excluding carboxylic acids is 11. The second-order valence-corrected chi connectivity index (χ2v) is 29.3. The minimum Gasteiger partial charge on any atom is -0.480 e. The fourth-order valence-corrected chi connectivity index (χ4v) is 12.4. The largest absolute Gasteiger partial charge is 0.480 e. The smallest absolute Gasteiger partial charge is 0.326 e. The van der Waals surface area contributed by atoms with Crippen LogP contribution in [0.15, 0.2) is 20.0 Å². The first kappa shape index (κ1) is 91.4. The molecule has 11 amide bonds. The summed E-state index contributed by atoms with van der Waals surface area (Å²) in [5.74, 6) is -16.2. The highest BCUT2D eigenvalue weighted by molar-refractivity contribution is 8.76. The Morgan fingerprint density at radius 3 is 1.24 bits per heavy atom. The number of guanidine groups is 4. The third kappa shape index (κ3) is 34.8. The lowest BCUT2D eigenvalue weighted by Crippen LogP contribution is -2.63. The van der Waals surface area contributed by atoms with Gasteiger partial charge in [-0.3, -0.25) is 72.7 Å². The Hall–Kier alpha value is -8.62. The van der Waals surface area contributed by atoms with E-state index in [0.717, 1.165) is 21.6 Å². The van der Waals surface area contributed by atoms with Crippen molar-refractivity contribution in [1.29, 1.82) is 0 Å². The average Bonchev–Trinajstić information content (AvgIpc) is 0.846. The van der Waals surface area contributed by atoms with E-state index < -0.39 is 179 Å². The molecule has 39 heteroatoms. The molecule has 0 aromatic rings. The van der Waals surface area contributed by atoms with E-state index in [1.165, 1.54) is 0 Å². The van der Waals surface area contributed by atoms with Crippen LogP contribution in [-0.4, -0.2) is 210 Å². The molecule has 1 heterocycles. The molecule has 0 aromatic carbocycles. The monoisotopic (exact) mass is 1480 g/mol. The van der Waals surface area contributed by atoms with E-state index >= 15 is 4.79 Å². The van der Waals surface area contributed by atoms with Crippen molar-refractivity contribution >= 4 is 116 Å². The van der Waals surface area contributed by atoms with Gasteiger partial charge in [0, 0.05) is 37.7 Å². The zero-order chi connectivity index (χ0) is 77.7. The molecule has 102 heavy (non-hydrogen) atoms. The molecular weight excluding hydrogens is 1360 g/mol. The molecule has 0 saturated carbocycles. The van der Waals surface area contributed by atoms with E-state index in [-0.39, 0.29) is 113 Å². The predicted molar refractivity (Wildman–Crippen MR) is 394 cm³/mol. The molecule has 0 aliphatic carbocycles. The number of nitrogens with one attached hydrogen (secondary N) is 11. The number of aliphatic carboxylic acids is 1. The van der Waals surface area contributed by atoms with Crippen molar-refractivity contribution in [3.63, 3.8) is 0 Å². The van der Waals surface area contributed by atoms with Gasteiger partial charge in [0.15, 0.2) is 23.8 Å². The molecule has 1 aliphatic rings. The van der Waals surface area contributed by atoms with E-state index in [0.29, 0.717) is 19.3 Å². The van der Waals surface area contributed by atoms with Crippen molar-refractivity contribution < 1.29 is 62.6 Å². The van der Waals surface area contributed by atoms with Crippen molar-refractivity contribution in [3.8, 4) is 0 Å². The number of hydrogen-bond acceptors (Lipinski definition) is 19. The highest BCUT2D eigenvalue weighted by Gasteiger charge is 2.40. The van der Waals surface area contributed by atoms with Gasteiger partial charge in [0.05, 0.1) is 6.04 Å². The lowest BCUT2D eigenvalue weighted by atomic mass is 9.94. The first-order chi connectivity index (χ1) is 47.8. The maximum absolute atomic E-state index is 15.1. The molecule has 0 aromatic heterocycles. The summed E-state index contributed by atoms with van der Waals surface area (Å²) in [7, 11) is 1.76. The summed E-state index contributed by atoms with van der Waals surface area (Å²) in [5, 5.41) is 40.0. The van der Waals surface area contributed by atoms with Gasteiger partial charge >= 0.3 is 5.97 Å². The minimum absolute atomic E-state index is 0.00318. The number of rotatable bonds is 32. The lowest BCUT2D eigenvalue weighted by Gasteiger charge is -2.32. The molecule has 37 nitrogen and oxygen atoms in total. The molecule has 4 unspecified atom stereocenters. The fraction of sp³-hybridized carbons (Fsp3) is 0.746. The van der Waals surface area contributed by atoms with E-state index in [4.69, 9.17) is 51.6 Å².